The monoisotopic (exact) mass is 456 g/mol. The maximum absolute atomic E-state index is 12.8. The first-order valence-corrected chi connectivity index (χ1v) is 11.7. The Labute approximate surface area is 191 Å². The second-order valence-corrected chi connectivity index (χ2v) is 9.04. The molecule has 162 valence electrons. The molecule has 1 unspecified atom stereocenters. The molecule has 0 N–H and O–H groups in total. The van der Waals surface area contributed by atoms with Crippen molar-refractivity contribution in [3.63, 3.8) is 0 Å². The number of thioether (sulfide) groups is 1. The van der Waals surface area contributed by atoms with Crippen LogP contribution in [-0.4, -0.2) is 51.5 Å². The molecule has 2 aromatic carbocycles. The molecule has 0 bridgehead atoms. The Morgan fingerprint density at radius 2 is 1.97 bits per heavy atom. The van der Waals surface area contributed by atoms with Crippen LogP contribution in [0.1, 0.15) is 19.8 Å². The highest BCUT2D eigenvalue weighted by atomic mass is 35.5. The summed E-state index contributed by atoms with van der Waals surface area (Å²) in [6, 6.07) is 15.2. The quantitative estimate of drug-likeness (QED) is 0.491. The van der Waals surface area contributed by atoms with Gasteiger partial charge in [0.25, 0.3) is 0 Å². The van der Waals surface area contributed by atoms with Crippen molar-refractivity contribution in [3.05, 3.63) is 53.6 Å². The van der Waals surface area contributed by atoms with Gasteiger partial charge in [0.2, 0.25) is 5.91 Å². The minimum Gasteiger partial charge on any atom is -0.497 e. The van der Waals surface area contributed by atoms with Crippen LogP contribution in [0.5, 0.6) is 5.75 Å². The molecule has 3 aromatic rings. The van der Waals surface area contributed by atoms with E-state index in [1.54, 1.807) is 7.11 Å². The number of aromatic nitrogens is 3. The number of likely N-dealkylation sites (tertiary alicyclic amines) is 1. The molecular weight excluding hydrogens is 432 g/mol. The zero-order chi connectivity index (χ0) is 21.8. The summed E-state index contributed by atoms with van der Waals surface area (Å²) in [5.41, 5.74) is 1.66. The Hall–Kier alpha value is -2.51. The fraction of sp³-hybridized carbons (Fsp3) is 0.348. The van der Waals surface area contributed by atoms with Gasteiger partial charge in [0.15, 0.2) is 11.0 Å². The highest BCUT2D eigenvalue weighted by molar-refractivity contribution is 7.99. The van der Waals surface area contributed by atoms with Gasteiger partial charge in [-0.2, -0.15) is 0 Å². The summed E-state index contributed by atoms with van der Waals surface area (Å²) in [4.78, 5) is 14.8. The van der Waals surface area contributed by atoms with Gasteiger partial charge in [-0.15, -0.1) is 10.2 Å². The maximum Gasteiger partial charge on any atom is 0.233 e. The molecule has 31 heavy (non-hydrogen) atoms. The molecule has 8 heteroatoms. The van der Waals surface area contributed by atoms with Crippen LogP contribution >= 0.6 is 23.4 Å². The summed E-state index contributed by atoms with van der Waals surface area (Å²) in [6.07, 6.45) is 2.25. The number of amides is 1. The highest BCUT2D eigenvalue weighted by Gasteiger charge is 2.23. The lowest BCUT2D eigenvalue weighted by atomic mass is 10.0. The number of benzene rings is 2. The van der Waals surface area contributed by atoms with Gasteiger partial charge in [-0.1, -0.05) is 42.4 Å². The first-order valence-electron chi connectivity index (χ1n) is 10.3. The van der Waals surface area contributed by atoms with Crippen LogP contribution in [0.25, 0.3) is 17.1 Å². The van der Waals surface area contributed by atoms with Gasteiger partial charge in [0.05, 0.1) is 17.9 Å². The van der Waals surface area contributed by atoms with Crippen LogP contribution in [0, 0.1) is 5.92 Å². The van der Waals surface area contributed by atoms with Crippen LogP contribution in [0.15, 0.2) is 53.7 Å². The average molecular weight is 457 g/mol. The van der Waals surface area contributed by atoms with Gasteiger partial charge in [0.1, 0.15) is 5.75 Å². The number of nitrogens with zero attached hydrogens (tertiary/aromatic N) is 4. The standard InChI is InChI=1S/C23H25ClN4O2S/c1-16-6-5-13-27(14-16)21(29)15-31-23-26-25-22(19-7-3-4-8-20(19)24)28(23)17-9-11-18(30-2)12-10-17/h3-4,7-12,16H,5-6,13-15H2,1-2H3. The van der Waals surface area contributed by atoms with Crippen molar-refractivity contribution in [3.8, 4) is 22.8 Å². The molecule has 1 atom stereocenters. The van der Waals surface area contributed by atoms with Gasteiger partial charge in [-0.05, 0) is 55.2 Å². The normalized spacial score (nSPS) is 16.4. The molecule has 4 rings (SSSR count). The number of rotatable bonds is 6. The van der Waals surface area contributed by atoms with E-state index in [2.05, 4.69) is 17.1 Å². The predicted molar refractivity (Wildman–Crippen MR) is 124 cm³/mol. The van der Waals surface area contributed by atoms with Crippen LogP contribution < -0.4 is 4.74 Å². The second kappa shape index (κ2) is 9.75. The van der Waals surface area contributed by atoms with Gasteiger partial charge in [0, 0.05) is 24.3 Å². The van der Waals surface area contributed by atoms with Gasteiger partial charge in [-0.25, -0.2) is 0 Å². The molecule has 0 saturated carbocycles. The minimum absolute atomic E-state index is 0.139. The Morgan fingerprint density at radius 3 is 2.68 bits per heavy atom. The number of ether oxygens (including phenoxy) is 1. The van der Waals surface area contributed by atoms with E-state index in [4.69, 9.17) is 16.3 Å². The van der Waals surface area contributed by atoms with E-state index in [9.17, 15) is 4.79 Å². The smallest absolute Gasteiger partial charge is 0.233 e. The van der Waals surface area contributed by atoms with Crippen molar-refractivity contribution in [2.45, 2.75) is 24.9 Å². The Bertz CT molecular complexity index is 1050. The summed E-state index contributed by atoms with van der Waals surface area (Å²) >= 11 is 7.85. The van der Waals surface area contributed by atoms with E-state index in [1.165, 1.54) is 18.2 Å². The number of hydrogen-bond donors (Lipinski definition) is 0. The van der Waals surface area contributed by atoms with E-state index in [-0.39, 0.29) is 5.91 Å². The van der Waals surface area contributed by atoms with Crippen molar-refractivity contribution in [1.29, 1.82) is 0 Å². The Morgan fingerprint density at radius 1 is 1.19 bits per heavy atom. The second-order valence-electron chi connectivity index (χ2n) is 7.70. The van der Waals surface area contributed by atoms with Crippen LogP contribution in [-0.2, 0) is 4.79 Å². The number of halogens is 1. The Balaban J connectivity index is 1.64. The summed E-state index contributed by atoms with van der Waals surface area (Å²) in [6.45, 7) is 3.86. The van der Waals surface area contributed by atoms with E-state index in [0.29, 0.717) is 27.7 Å². The largest absolute Gasteiger partial charge is 0.497 e. The van der Waals surface area contributed by atoms with E-state index >= 15 is 0 Å². The summed E-state index contributed by atoms with van der Waals surface area (Å²) in [7, 11) is 1.64. The Kier molecular flexibility index (Phi) is 6.83. The third-order valence-corrected chi connectivity index (χ3v) is 6.66. The lowest BCUT2D eigenvalue weighted by Gasteiger charge is -2.30. The van der Waals surface area contributed by atoms with Crippen molar-refractivity contribution in [2.75, 3.05) is 26.0 Å². The topological polar surface area (TPSA) is 60.2 Å². The lowest BCUT2D eigenvalue weighted by Crippen LogP contribution is -2.40. The zero-order valence-electron chi connectivity index (χ0n) is 17.6. The van der Waals surface area contributed by atoms with Gasteiger partial charge in [-0.3, -0.25) is 9.36 Å². The lowest BCUT2D eigenvalue weighted by molar-refractivity contribution is -0.130. The van der Waals surface area contributed by atoms with Crippen molar-refractivity contribution in [1.82, 2.24) is 19.7 Å². The van der Waals surface area contributed by atoms with Gasteiger partial charge >= 0.3 is 0 Å². The fourth-order valence-electron chi connectivity index (χ4n) is 3.78. The number of piperidine rings is 1. The average Bonchev–Trinajstić information content (AvgIpc) is 3.21. The number of carbonyl (C=O) groups is 1. The molecular formula is C23H25ClN4O2S. The molecule has 0 aliphatic carbocycles. The SMILES string of the molecule is COc1ccc(-n2c(SCC(=O)N3CCCC(C)C3)nnc2-c2ccccc2Cl)cc1. The van der Waals surface area contributed by atoms with Crippen molar-refractivity contribution >= 4 is 29.3 Å². The molecule has 1 aliphatic heterocycles. The summed E-state index contributed by atoms with van der Waals surface area (Å²) in [5.74, 6) is 2.42. The van der Waals surface area contributed by atoms with Crippen molar-refractivity contribution < 1.29 is 9.53 Å². The molecule has 0 radical (unpaired) electrons. The van der Waals surface area contributed by atoms with Gasteiger partial charge < -0.3 is 9.64 Å². The number of hydrogen-bond acceptors (Lipinski definition) is 5. The maximum atomic E-state index is 12.8. The van der Waals surface area contributed by atoms with E-state index in [0.717, 1.165) is 36.5 Å². The van der Waals surface area contributed by atoms with Crippen LogP contribution in [0.3, 0.4) is 0 Å². The minimum atomic E-state index is 0.139. The predicted octanol–water partition coefficient (Wildman–Crippen LogP) is 4.95. The molecule has 1 aromatic heterocycles. The number of methoxy groups -OCH3 is 1. The first-order chi connectivity index (χ1) is 15.1. The van der Waals surface area contributed by atoms with E-state index < -0.39 is 0 Å². The molecule has 1 amide bonds. The zero-order valence-corrected chi connectivity index (χ0v) is 19.2. The summed E-state index contributed by atoms with van der Waals surface area (Å²) < 4.78 is 7.23. The van der Waals surface area contributed by atoms with Crippen molar-refractivity contribution in [2.24, 2.45) is 5.92 Å². The molecule has 1 saturated heterocycles. The van der Waals surface area contributed by atoms with E-state index in [1.807, 2.05) is 58.0 Å². The molecule has 0 spiro atoms. The molecule has 1 aliphatic rings. The third-order valence-electron chi connectivity index (χ3n) is 5.41. The highest BCUT2D eigenvalue weighted by Crippen LogP contribution is 2.32. The molecule has 6 nitrogen and oxygen atoms in total. The third kappa shape index (κ3) is 4.88. The fourth-order valence-corrected chi connectivity index (χ4v) is 4.85. The number of carbonyl (C=O) groups excluding carboxylic acids is 1. The summed E-state index contributed by atoms with van der Waals surface area (Å²) in [5, 5.41) is 10.1. The molecule has 2 heterocycles. The van der Waals surface area contributed by atoms with Crippen LogP contribution in [0.2, 0.25) is 5.02 Å². The van der Waals surface area contributed by atoms with Crippen LogP contribution in [0.4, 0.5) is 0 Å². The molecule has 1 fully saturated rings. The first kappa shape index (κ1) is 21.7.